The highest BCUT2D eigenvalue weighted by atomic mass is 79.9. The number of halogens is 1. The smallest absolute Gasteiger partial charge is 0.277 e. The first kappa shape index (κ1) is 14.9. The summed E-state index contributed by atoms with van der Waals surface area (Å²) >= 11 is 3.31. The number of hydrogen-bond donors (Lipinski definition) is 1. The third kappa shape index (κ3) is 4.90. The molecule has 1 heterocycles. The van der Waals surface area contributed by atoms with Crippen molar-refractivity contribution in [3.63, 3.8) is 0 Å². The summed E-state index contributed by atoms with van der Waals surface area (Å²) in [7, 11) is -3.61. The summed E-state index contributed by atoms with van der Waals surface area (Å²) in [5.41, 5.74) is 0. The van der Waals surface area contributed by atoms with Gasteiger partial charge in [-0.1, -0.05) is 15.9 Å². The Hall–Kier alpha value is -0.180. The van der Waals surface area contributed by atoms with Crippen LogP contribution in [-0.2, 0) is 15.0 Å². The topological polar surface area (TPSA) is 83.7 Å². The van der Waals surface area contributed by atoms with Gasteiger partial charge in [0.05, 0.1) is 0 Å². The van der Waals surface area contributed by atoms with Crippen LogP contribution in [0.4, 0.5) is 0 Å². The van der Waals surface area contributed by atoms with Crippen molar-refractivity contribution in [2.24, 2.45) is 5.14 Å². The van der Waals surface area contributed by atoms with Crippen LogP contribution >= 0.6 is 15.9 Å². The van der Waals surface area contributed by atoms with Gasteiger partial charge in [-0.25, -0.2) is 5.14 Å². The Bertz CT molecular complexity index is 352. The highest BCUT2D eigenvalue weighted by Crippen LogP contribution is 2.08. The number of carbonyl (C=O) groups is 1. The van der Waals surface area contributed by atoms with E-state index in [-0.39, 0.29) is 5.91 Å². The van der Waals surface area contributed by atoms with Gasteiger partial charge in [-0.3, -0.25) is 4.79 Å². The van der Waals surface area contributed by atoms with Crippen molar-refractivity contribution in [1.82, 2.24) is 9.21 Å². The lowest BCUT2D eigenvalue weighted by molar-refractivity contribution is -0.132. The van der Waals surface area contributed by atoms with E-state index in [0.717, 1.165) is 18.2 Å². The Morgan fingerprint density at radius 2 is 1.76 bits per heavy atom. The van der Waals surface area contributed by atoms with Crippen LogP contribution < -0.4 is 5.14 Å². The Morgan fingerprint density at radius 3 is 2.24 bits per heavy atom. The first-order valence-electron chi connectivity index (χ1n) is 5.57. The predicted octanol–water partition coefficient (Wildman–Crippen LogP) is -0.101. The summed E-state index contributed by atoms with van der Waals surface area (Å²) in [6.07, 6.45) is 2.36. The number of piperazine rings is 1. The summed E-state index contributed by atoms with van der Waals surface area (Å²) in [6.45, 7) is 1.46. The Morgan fingerprint density at radius 1 is 1.18 bits per heavy atom. The number of amides is 1. The van der Waals surface area contributed by atoms with E-state index in [0.29, 0.717) is 32.6 Å². The van der Waals surface area contributed by atoms with Crippen LogP contribution in [0.1, 0.15) is 19.3 Å². The lowest BCUT2D eigenvalue weighted by Gasteiger charge is -2.33. The molecule has 0 unspecified atom stereocenters. The monoisotopic (exact) mass is 327 g/mol. The van der Waals surface area contributed by atoms with Crippen LogP contribution in [0.5, 0.6) is 0 Å². The van der Waals surface area contributed by atoms with E-state index in [9.17, 15) is 13.2 Å². The second kappa shape index (κ2) is 6.67. The van der Waals surface area contributed by atoms with E-state index < -0.39 is 10.2 Å². The number of nitrogens with zero attached hydrogens (tertiary/aromatic N) is 2. The summed E-state index contributed by atoms with van der Waals surface area (Å²) in [5, 5.41) is 5.92. The molecule has 0 radical (unpaired) electrons. The molecule has 17 heavy (non-hydrogen) atoms. The van der Waals surface area contributed by atoms with E-state index in [4.69, 9.17) is 5.14 Å². The zero-order valence-corrected chi connectivity index (χ0v) is 12.0. The van der Waals surface area contributed by atoms with Crippen molar-refractivity contribution in [1.29, 1.82) is 0 Å². The van der Waals surface area contributed by atoms with Crippen molar-refractivity contribution in [2.75, 3.05) is 31.5 Å². The SMILES string of the molecule is NS(=O)(=O)N1CCN(C(=O)CCCCBr)CC1. The molecule has 1 aliphatic heterocycles. The molecule has 0 aromatic rings. The minimum atomic E-state index is -3.61. The predicted molar refractivity (Wildman–Crippen MR) is 68.9 cm³/mol. The van der Waals surface area contributed by atoms with E-state index in [1.807, 2.05) is 0 Å². The third-order valence-electron chi connectivity index (χ3n) is 2.73. The quantitative estimate of drug-likeness (QED) is 0.565. The number of carbonyl (C=O) groups excluding carboxylic acids is 1. The maximum atomic E-state index is 11.7. The molecule has 1 fully saturated rings. The van der Waals surface area contributed by atoms with Crippen LogP contribution in [-0.4, -0.2) is 55.0 Å². The number of hydrogen-bond acceptors (Lipinski definition) is 3. The molecule has 8 heteroatoms. The summed E-state index contributed by atoms with van der Waals surface area (Å²) in [5.74, 6) is 0.0972. The number of rotatable bonds is 5. The van der Waals surface area contributed by atoms with E-state index in [1.54, 1.807) is 4.90 Å². The minimum absolute atomic E-state index is 0.0972. The summed E-state index contributed by atoms with van der Waals surface area (Å²) in [6, 6.07) is 0. The van der Waals surface area contributed by atoms with E-state index in [1.165, 1.54) is 4.31 Å². The maximum Gasteiger partial charge on any atom is 0.277 e. The van der Waals surface area contributed by atoms with Gasteiger partial charge in [-0.15, -0.1) is 0 Å². The molecule has 0 aromatic heterocycles. The van der Waals surface area contributed by atoms with Crippen molar-refractivity contribution >= 4 is 32.0 Å². The standard InChI is InChI=1S/C9H18BrN3O3S/c10-4-2-1-3-9(14)12-5-7-13(8-6-12)17(11,15)16/h1-8H2,(H2,11,15,16). The Balaban J connectivity index is 2.34. The van der Waals surface area contributed by atoms with E-state index >= 15 is 0 Å². The molecule has 0 spiro atoms. The average Bonchev–Trinajstić information content (AvgIpc) is 2.28. The molecule has 2 N–H and O–H groups in total. The molecule has 1 saturated heterocycles. The number of nitrogens with two attached hydrogens (primary N) is 1. The van der Waals surface area contributed by atoms with Crippen LogP contribution in [0.3, 0.4) is 0 Å². The number of alkyl halides is 1. The fraction of sp³-hybridized carbons (Fsp3) is 0.889. The molecule has 0 atom stereocenters. The molecule has 0 saturated carbocycles. The lowest BCUT2D eigenvalue weighted by Crippen LogP contribution is -2.52. The second-order valence-corrected chi connectivity index (χ2v) is 6.31. The Labute approximate surface area is 110 Å². The molecule has 1 aliphatic rings. The van der Waals surface area contributed by atoms with Gasteiger partial charge in [0.15, 0.2) is 0 Å². The van der Waals surface area contributed by atoms with Crippen molar-refractivity contribution in [3.8, 4) is 0 Å². The van der Waals surface area contributed by atoms with Gasteiger partial charge >= 0.3 is 0 Å². The van der Waals surface area contributed by atoms with Crippen molar-refractivity contribution < 1.29 is 13.2 Å². The first-order chi connectivity index (χ1) is 7.95. The highest BCUT2D eigenvalue weighted by Gasteiger charge is 2.25. The van der Waals surface area contributed by atoms with Gasteiger partial charge in [0.25, 0.3) is 10.2 Å². The molecule has 0 aliphatic carbocycles. The van der Waals surface area contributed by atoms with Gasteiger partial charge in [-0.2, -0.15) is 12.7 Å². The Kier molecular flexibility index (Phi) is 5.84. The molecular weight excluding hydrogens is 310 g/mol. The third-order valence-corrected chi connectivity index (χ3v) is 4.37. The lowest BCUT2D eigenvalue weighted by atomic mass is 10.2. The zero-order chi connectivity index (χ0) is 12.9. The first-order valence-corrected chi connectivity index (χ1v) is 8.19. The second-order valence-electron chi connectivity index (χ2n) is 3.97. The van der Waals surface area contributed by atoms with Crippen molar-refractivity contribution in [3.05, 3.63) is 0 Å². The largest absolute Gasteiger partial charge is 0.340 e. The van der Waals surface area contributed by atoms with Crippen LogP contribution in [0.2, 0.25) is 0 Å². The molecule has 1 amide bonds. The minimum Gasteiger partial charge on any atom is -0.340 e. The maximum absolute atomic E-state index is 11.7. The van der Waals surface area contributed by atoms with Crippen LogP contribution in [0.25, 0.3) is 0 Å². The zero-order valence-electron chi connectivity index (χ0n) is 9.64. The molecule has 6 nitrogen and oxygen atoms in total. The van der Waals surface area contributed by atoms with Gasteiger partial charge in [0.1, 0.15) is 0 Å². The fourth-order valence-corrected chi connectivity index (χ4v) is 2.79. The van der Waals surface area contributed by atoms with Gasteiger partial charge in [0.2, 0.25) is 5.91 Å². The summed E-state index contributed by atoms with van der Waals surface area (Å²) < 4.78 is 23.3. The molecule has 1 rings (SSSR count). The van der Waals surface area contributed by atoms with E-state index in [2.05, 4.69) is 15.9 Å². The fourth-order valence-electron chi connectivity index (χ4n) is 1.72. The highest BCUT2D eigenvalue weighted by molar-refractivity contribution is 9.09. The molecule has 0 aromatic carbocycles. The molecule has 100 valence electrons. The van der Waals surface area contributed by atoms with Gasteiger partial charge in [0, 0.05) is 37.9 Å². The molecular formula is C9H18BrN3O3S. The molecule has 0 bridgehead atoms. The number of unbranched alkanes of at least 4 members (excludes halogenated alkanes) is 1. The normalized spacial score (nSPS) is 18.4. The van der Waals surface area contributed by atoms with Crippen LogP contribution in [0, 0.1) is 0 Å². The van der Waals surface area contributed by atoms with Gasteiger partial charge in [-0.05, 0) is 12.8 Å². The average molecular weight is 328 g/mol. The van der Waals surface area contributed by atoms with Crippen molar-refractivity contribution in [2.45, 2.75) is 19.3 Å². The summed E-state index contributed by atoms with van der Waals surface area (Å²) in [4.78, 5) is 13.4. The van der Waals surface area contributed by atoms with Crippen LogP contribution in [0.15, 0.2) is 0 Å². The van der Waals surface area contributed by atoms with Gasteiger partial charge < -0.3 is 4.90 Å².